The second kappa shape index (κ2) is 11.4. The molecular weight excluding hydrogens is 496 g/mol. The summed E-state index contributed by atoms with van der Waals surface area (Å²) < 4.78 is 0. The van der Waals surface area contributed by atoms with Gasteiger partial charge < -0.3 is 9.97 Å². The molecule has 0 saturated carbocycles. The predicted octanol–water partition coefficient (Wildman–Crippen LogP) is 7.61. The largest absolute Gasteiger partial charge is 0.324 e. The maximum Gasteiger partial charge on any atom is 0.160 e. The van der Waals surface area contributed by atoms with Crippen molar-refractivity contribution < 1.29 is 0 Å². The van der Waals surface area contributed by atoms with Gasteiger partial charge in [0.05, 0.1) is 0 Å². The van der Waals surface area contributed by atoms with Gasteiger partial charge in [-0.1, -0.05) is 55.4 Å². The zero-order valence-electron chi connectivity index (χ0n) is 25.3. The number of H-pyrrole nitrogens is 2. The third-order valence-electron chi connectivity index (χ3n) is 8.28. The summed E-state index contributed by atoms with van der Waals surface area (Å²) in [5, 5.41) is 0. The van der Waals surface area contributed by atoms with Gasteiger partial charge in [-0.05, 0) is 51.4 Å². The lowest BCUT2D eigenvalue weighted by molar-refractivity contribution is 1.02. The van der Waals surface area contributed by atoms with Crippen molar-refractivity contribution in [1.82, 2.24) is 39.9 Å². The van der Waals surface area contributed by atoms with Gasteiger partial charge in [-0.3, -0.25) is 0 Å². The van der Waals surface area contributed by atoms with E-state index in [1.807, 2.05) is 0 Å². The van der Waals surface area contributed by atoms with Crippen LogP contribution in [0.5, 0.6) is 0 Å². The summed E-state index contributed by atoms with van der Waals surface area (Å²) in [7, 11) is 0. The van der Waals surface area contributed by atoms with Gasteiger partial charge in [-0.25, -0.2) is 29.9 Å². The Morgan fingerprint density at radius 3 is 0.825 bits per heavy atom. The average molecular weight is 539 g/mol. The van der Waals surface area contributed by atoms with Gasteiger partial charge in [-0.2, -0.15) is 0 Å². The summed E-state index contributed by atoms with van der Waals surface area (Å²) in [4.78, 5) is 37.8. The van der Waals surface area contributed by atoms with E-state index < -0.39 is 0 Å². The van der Waals surface area contributed by atoms with E-state index in [0.29, 0.717) is 0 Å². The van der Waals surface area contributed by atoms with Crippen LogP contribution in [0.15, 0.2) is 0 Å². The molecule has 0 unspecified atom stereocenters. The Balaban J connectivity index is 2.03. The van der Waals surface area contributed by atoms with Crippen molar-refractivity contribution in [1.29, 1.82) is 0 Å². The molecule has 0 spiro atoms. The summed E-state index contributed by atoms with van der Waals surface area (Å²) in [5.74, 6) is 2.93. The number of aryl methyl sites for hydroxylation is 4. The molecule has 0 atom stereocenters. The molecule has 0 aliphatic carbocycles. The van der Waals surface area contributed by atoms with Gasteiger partial charge in [0.1, 0.15) is 22.6 Å². The standard InChI is InChI=1S/C32H42N8/c1-9-17-18(10-2)26-33-25(17)37-27-19(11-3)20(12-4)29(34-27)39-31-23(15-7)24(16-8)32(36-31)40-30-22(14-6)21(13-5)28(35-30)38-26/h9-16H2,1-8H3,(H2,33,34,35,36,37,38,39,40). The number of hydrogen-bond donors (Lipinski definition) is 2. The van der Waals surface area contributed by atoms with Crippen LogP contribution in [-0.4, -0.2) is 39.9 Å². The zero-order valence-corrected chi connectivity index (χ0v) is 25.3. The Labute approximate surface area is 237 Å². The quantitative estimate of drug-likeness (QED) is 0.305. The van der Waals surface area contributed by atoms with E-state index in [2.05, 4.69) is 65.4 Å². The summed E-state index contributed by atoms with van der Waals surface area (Å²) in [6.07, 6.45) is 6.80. The minimum Gasteiger partial charge on any atom is -0.324 e. The number of nitrogens with one attached hydrogen (secondary N) is 2. The Bertz CT molecular complexity index is 1560. The molecule has 0 amide bonds. The molecule has 210 valence electrons. The first-order valence-corrected chi connectivity index (χ1v) is 15.2. The van der Waals surface area contributed by atoms with E-state index in [9.17, 15) is 0 Å². The topological polar surface area (TPSA) is 109 Å². The Hall–Kier alpha value is -3.68. The second-order valence-corrected chi connectivity index (χ2v) is 10.3. The van der Waals surface area contributed by atoms with Crippen LogP contribution in [0.2, 0.25) is 0 Å². The molecule has 8 bridgehead atoms. The predicted molar refractivity (Wildman–Crippen MR) is 164 cm³/mol. The molecule has 0 fully saturated rings. The van der Waals surface area contributed by atoms with Crippen molar-refractivity contribution >= 4 is 44.9 Å². The van der Waals surface area contributed by atoms with E-state index in [-0.39, 0.29) is 0 Å². The highest BCUT2D eigenvalue weighted by molar-refractivity contribution is 5.92. The minimum absolute atomic E-state index is 0.724. The van der Waals surface area contributed by atoms with Crippen molar-refractivity contribution in [2.75, 3.05) is 0 Å². The Morgan fingerprint density at radius 1 is 0.325 bits per heavy atom. The minimum atomic E-state index is 0.724. The zero-order chi connectivity index (χ0) is 28.6. The van der Waals surface area contributed by atoms with Crippen LogP contribution in [0.25, 0.3) is 44.9 Å². The normalized spacial score (nSPS) is 13.6. The van der Waals surface area contributed by atoms with Crippen molar-refractivity contribution in [3.05, 3.63) is 45.6 Å². The van der Waals surface area contributed by atoms with Crippen LogP contribution >= 0.6 is 0 Å². The van der Waals surface area contributed by atoms with Gasteiger partial charge in [0, 0.05) is 44.5 Å². The van der Waals surface area contributed by atoms with Crippen molar-refractivity contribution in [2.45, 2.75) is 107 Å². The molecule has 40 heavy (non-hydrogen) atoms. The van der Waals surface area contributed by atoms with Gasteiger partial charge in [-0.15, -0.1) is 0 Å². The van der Waals surface area contributed by atoms with Crippen LogP contribution in [0.1, 0.15) is 127 Å². The molecule has 8 heteroatoms. The summed E-state index contributed by atoms with van der Waals surface area (Å²) in [6, 6.07) is 0. The molecule has 0 aromatic carbocycles. The number of allylic oxidation sites excluding steroid dienone is 4. The molecule has 3 aromatic rings. The molecule has 2 aliphatic heterocycles. The molecular formula is C32H42N8. The van der Waals surface area contributed by atoms with Crippen LogP contribution in [0, 0.1) is 0 Å². The highest BCUT2D eigenvalue weighted by Gasteiger charge is 2.25. The van der Waals surface area contributed by atoms with Crippen LogP contribution in [0.3, 0.4) is 0 Å². The van der Waals surface area contributed by atoms with E-state index in [1.54, 1.807) is 0 Å². The molecule has 2 aliphatic rings. The molecule has 8 nitrogen and oxygen atoms in total. The molecule has 0 radical (unpaired) electrons. The third kappa shape index (κ3) is 4.47. The number of hydrogen-bond acceptors (Lipinski definition) is 6. The average Bonchev–Trinajstić information content (AvgIpc) is 3.67. The van der Waals surface area contributed by atoms with Gasteiger partial charge >= 0.3 is 0 Å². The van der Waals surface area contributed by atoms with E-state index >= 15 is 0 Å². The summed E-state index contributed by atoms with van der Waals surface area (Å²) >= 11 is 0. The first-order valence-electron chi connectivity index (χ1n) is 15.2. The lowest BCUT2D eigenvalue weighted by Gasteiger charge is -2.03. The van der Waals surface area contributed by atoms with Crippen LogP contribution < -0.4 is 0 Å². The van der Waals surface area contributed by atoms with Crippen molar-refractivity contribution in [2.24, 2.45) is 0 Å². The van der Waals surface area contributed by atoms with Gasteiger partial charge in [0.15, 0.2) is 23.3 Å². The maximum atomic E-state index is 5.19. The SMILES string of the molecule is CCC1=C(CC)c2nc1nc1nc(nc3[nH]c(nc4[nH]c(n2)c(CC)c4CC)c(CC)c3CC)C(CC)=C1CC. The monoisotopic (exact) mass is 538 g/mol. The fourth-order valence-corrected chi connectivity index (χ4v) is 6.29. The fourth-order valence-electron chi connectivity index (χ4n) is 6.29. The van der Waals surface area contributed by atoms with Gasteiger partial charge in [0.2, 0.25) is 0 Å². The Kier molecular flexibility index (Phi) is 7.97. The van der Waals surface area contributed by atoms with E-state index in [0.717, 1.165) is 120 Å². The number of aromatic nitrogens is 8. The smallest absolute Gasteiger partial charge is 0.160 e. The first-order chi connectivity index (χ1) is 19.5. The lowest BCUT2D eigenvalue weighted by Crippen LogP contribution is -1.93. The lowest BCUT2D eigenvalue weighted by atomic mass is 10.0. The highest BCUT2D eigenvalue weighted by Crippen LogP contribution is 2.36. The number of fused-ring (bicyclic) bond motifs is 8. The number of rotatable bonds is 8. The Morgan fingerprint density at radius 2 is 0.575 bits per heavy atom. The van der Waals surface area contributed by atoms with E-state index in [1.165, 1.54) is 22.3 Å². The van der Waals surface area contributed by atoms with Crippen LogP contribution in [0.4, 0.5) is 0 Å². The molecule has 3 aromatic heterocycles. The fraction of sp³-hybridized carbons (Fsp3) is 0.500. The molecule has 2 N–H and O–H groups in total. The molecule has 5 rings (SSSR count). The van der Waals surface area contributed by atoms with Crippen LogP contribution in [-0.2, 0) is 25.7 Å². The molecule has 5 heterocycles. The summed E-state index contributed by atoms with van der Waals surface area (Å²) in [5.41, 5.74) is 12.8. The number of nitrogens with zero attached hydrogens (tertiary/aromatic N) is 6. The third-order valence-corrected chi connectivity index (χ3v) is 8.28. The van der Waals surface area contributed by atoms with E-state index in [4.69, 9.17) is 29.9 Å². The number of aromatic amines is 2. The highest BCUT2D eigenvalue weighted by atomic mass is 15.1. The maximum absolute atomic E-state index is 5.19. The van der Waals surface area contributed by atoms with Crippen molar-refractivity contribution in [3.8, 4) is 0 Å². The molecule has 0 saturated heterocycles. The van der Waals surface area contributed by atoms with Crippen molar-refractivity contribution in [3.63, 3.8) is 0 Å². The van der Waals surface area contributed by atoms with Gasteiger partial charge in [0.25, 0.3) is 0 Å². The first kappa shape index (κ1) is 27.9. The second-order valence-electron chi connectivity index (χ2n) is 10.3. The summed E-state index contributed by atoms with van der Waals surface area (Å²) in [6.45, 7) is 17.4.